The van der Waals surface area contributed by atoms with Crippen LogP contribution in [0.3, 0.4) is 0 Å². The Bertz CT molecular complexity index is 643. The number of nitrogens with one attached hydrogen (secondary N) is 1. The molecule has 0 bridgehead atoms. The smallest absolute Gasteiger partial charge is 0.187 e. The van der Waals surface area contributed by atoms with Crippen molar-refractivity contribution in [2.45, 2.75) is 45.4 Å². The number of aromatic nitrogens is 1. The number of aromatic hydroxyl groups is 1. The van der Waals surface area contributed by atoms with Crippen molar-refractivity contribution in [1.82, 2.24) is 4.98 Å². The first-order chi connectivity index (χ1) is 10.1. The summed E-state index contributed by atoms with van der Waals surface area (Å²) in [5.74, 6) is 0.260. The van der Waals surface area contributed by atoms with E-state index in [0.29, 0.717) is 0 Å². The fraction of sp³-hybridized carbons (Fsp3) is 0.471. The highest BCUT2D eigenvalue weighted by Crippen LogP contribution is 2.41. The SMILES string of the molecule is CC(C)(C)c1cc(Nc2nccs2)cc(C(C)(C)CO)c1O. The van der Waals surface area contributed by atoms with Crippen molar-refractivity contribution in [2.75, 3.05) is 11.9 Å². The molecule has 1 aromatic carbocycles. The third-order valence-corrected chi connectivity index (χ3v) is 4.41. The summed E-state index contributed by atoms with van der Waals surface area (Å²) >= 11 is 1.52. The van der Waals surface area contributed by atoms with Crippen molar-refractivity contribution >= 4 is 22.2 Å². The standard InChI is InChI=1S/C17H24N2O2S/c1-16(2,3)12-8-11(19-15-18-6-7-22-15)9-13(14(12)21)17(4,5)10-20/h6-9,20-21H,10H2,1-5H3,(H,18,19). The first-order valence-corrected chi connectivity index (χ1v) is 8.18. The summed E-state index contributed by atoms with van der Waals surface area (Å²) in [6.45, 7) is 9.98. The highest BCUT2D eigenvalue weighted by Gasteiger charge is 2.29. The van der Waals surface area contributed by atoms with Crippen molar-refractivity contribution in [3.8, 4) is 5.75 Å². The Kier molecular flexibility index (Phi) is 4.49. The second-order valence-electron chi connectivity index (χ2n) is 7.17. The number of nitrogens with zero attached hydrogens (tertiary/aromatic N) is 1. The van der Waals surface area contributed by atoms with Crippen LogP contribution in [0.25, 0.3) is 0 Å². The van der Waals surface area contributed by atoms with E-state index in [9.17, 15) is 10.2 Å². The average molecular weight is 320 g/mol. The normalized spacial score (nSPS) is 12.5. The van der Waals surface area contributed by atoms with Crippen LogP contribution in [0, 0.1) is 0 Å². The number of phenolic OH excluding ortho intramolecular Hbond substituents is 1. The van der Waals surface area contributed by atoms with Crippen LogP contribution < -0.4 is 5.32 Å². The van der Waals surface area contributed by atoms with Gasteiger partial charge in [0.25, 0.3) is 0 Å². The van der Waals surface area contributed by atoms with Crippen molar-refractivity contribution in [2.24, 2.45) is 0 Å². The number of thiazole rings is 1. The Balaban J connectivity index is 2.58. The zero-order valence-corrected chi connectivity index (χ0v) is 14.6. The lowest BCUT2D eigenvalue weighted by Gasteiger charge is -2.29. The van der Waals surface area contributed by atoms with Crippen LogP contribution in [0.2, 0.25) is 0 Å². The Labute approximate surface area is 135 Å². The van der Waals surface area contributed by atoms with Gasteiger partial charge in [0.05, 0.1) is 6.61 Å². The number of aliphatic hydroxyl groups is 1. The molecule has 0 saturated heterocycles. The third kappa shape index (κ3) is 3.42. The van der Waals surface area contributed by atoms with E-state index in [-0.39, 0.29) is 17.8 Å². The highest BCUT2D eigenvalue weighted by atomic mass is 32.1. The van der Waals surface area contributed by atoms with Crippen molar-refractivity contribution < 1.29 is 10.2 Å². The van der Waals surface area contributed by atoms with Crippen molar-refractivity contribution in [3.05, 3.63) is 34.8 Å². The Hall–Kier alpha value is -1.59. The summed E-state index contributed by atoms with van der Waals surface area (Å²) in [7, 11) is 0. The van der Waals surface area contributed by atoms with E-state index in [0.717, 1.165) is 21.9 Å². The molecule has 0 spiro atoms. The summed E-state index contributed by atoms with van der Waals surface area (Å²) < 4.78 is 0. The molecule has 3 N–H and O–H groups in total. The molecule has 120 valence electrons. The van der Waals surface area contributed by atoms with Crippen LogP contribution >= 0.6 is 11.3 Å². The van der Waals surface area contributed by atoms with Crippen molar-refractivity contribution in [3.63, 3.8) is 0 Å². The molecule has 1 heterocycles. The number of phenols is 1. The molecule has 0 amide bonds. The first kappa shape index (κ1) is 16.8. The van der Waals surface area contributed by atoms with Crippen LogP contribution in [0.5, 0.6) is 5.75 Å². The van der Waals surface area contributed by atoms with E-state index in [2.05, 4.69) is 31.1 Å². The van der Waals surface area contributed by atoms with Gasteiger partial charge in [0.2, 0.25) is 0 Å². The average Bonchev–Trinajstić information content (AvgIpc) is 2.92. The zero-order chi connectivity index (χ0) is 16.5. The summed E-state index contributed by atoms with van der Waals surface area (Å²) in [6, 6.07) is 3.84. The minimum atomic E-state index is -0.523. The minimum Gasteiger partial charge on any atom is -0.507 e. The monoisotopic (exact) mass is 320 g/mol. The largest absolute Gasteiger partial charge is 0.507 e. The van der Waals surface area contributed by atoms with Crippen LogP contribution in [-0.2, 0) is 10.8 Å². The maximum Gasteiger partial charge on any atom is 0.187 e. The lowest BCUT2D eigenvalue weighted by atomic mass is 9.78. The zero-order valence-electron chi connectivity index (χ0n) is 13.8. The summed E-state index contributed by atoms with van der Waals surface area (Å²) in [4.78, 5) is 4.23. The van der Waals surface area contributed by atoms with Gasteiger partial charge < -0.3 is 15.5 Å². The molecule has 0 radical (unpaired) electrons. The van der Waals surface area contributed by atoms with E-state index < -0.39 is 5.41 Å². The lowest BCUT2D eigenvalue weighted by Crippen LogP contribution is -2.24. The molecule has 0 aliphatic rings. The number of anilines is 2. The number of hydrogen-bond acceptors (Lipinski definition) is 5. The highest BCUT2D eigenvalue weighted by molar-refractivity contribution is 7.13. The predicted molar refractivity (Wildman–Crippen MR) is 92.3 cm³/mol. The molecule has 0 unspecified atom stereocenters. The first-order valence-electron chi connectivity index (χ1n) is 7.30. The minimum absolute atomic E-state index is 0.0369. The second-order valence-corrected chi connectivity index (χ2v) is 8.07. The molecule has 0 saturated carbocycles. The van der Waals surface area contributed by atoms with E-state index >= 15 is 0 Å². The number of benzene rings is 1. The van der Waals surface area contributed by atoms with Gasteiger partial charge in [0.1, 0.15) is 5.75 Å². The van der Waals surface area contributed by atoms with Crippen LogP contribution in [0.1, 0.15) is 45.7 Å². The van der Waals surface area contributed by atoms with Crippen molar-refractivity contribution in [1.29, 1.82) is 0 Å². The predicted octanol–water partition coefficient (Wildman–Crippen LogP) is 4.16. The van der Waals surface area contributed by atoms with Gasteiger partial charge in [0.15, 0.2) is 5.13 Å². The molecule has 4 nitrogen and oxygen atoms in total. The van der Waals surface area contributed by atoms with E-state index in [1.54, 1.807) is 6.20 Å². The van der Waals surface area contributed by atoms with Gasteiger partial charge in [-0.15, -0.1) is 11.3 Å². The molecular weight excluding hydrogens is 296 g/mol. The molecule has 1 aromatic heterocycles. The fourth-order valence-corrected chi connectivity index (χ4v) is 2.84. The molecule has 2 rings (SSSR count). The summed E-state index contributed by atoms with van der Waals surface area (Å²) in [6.07, 6.45) is 1.75. The number of aliphatic hydroxyl groups excluding tert-OH is 1. The van der Waals surface area contributed by atoms with E-state index in [4.69, 9.17) is 0 Å². The van der Waals surface area contributed by atoms with Gasteiger partial charge in [-0.1, -0.05) is 34.6 Å². The Morgan fingerprint density at radius 2 is 1.77 bits per heavy atom. The molecule has 0 aliphatic heterocycles. The Morgan fingerprint density at radius 3 is 2.27 bits per heavy atom. The van der Waals surface area contributed by atoms with E-state index in [1.165, 1.54) is 11.3 Å². The number of rotatable bonds is 4. The van der Waals surface area contributed by atoms with Crippen LogP contribution in [0.15, 0.2) is 23.7 Å². The molecule has 5 heteroatoms. The topological polar surface area (TPSA) is 65.4 Å². The van der Waals surface area contributed by atoms with Crippen LogP contribution in [-0.4, -0.2) is 21.8 Å². The maximum atomic E-state index is 10.7. The van der Waals surface area contributed by atoms with Gasteiger partial charge >= 0.3 is 0 Å². The lowest BCUT2D eigenvalue weighted by molar-refractivity contribution is 0.215. The molecule has 0 atom stereocenters. The quantitative estimate of drug-likeness (QED) is 0.740. The second kappa shape index (κ2) is 5.89. The summed E-state index contributed by atoms with van der Waals surface area (Å²) in [5, 5.41) is 26.3. The molecule has 22 heavy (non-hydrogen) atoms. The van der Waals surface area contributed by atoms with Crippen LogP contribution in [0.4, 0.5) is 10.8 Å². The molecular formula is C17H24N2O2S. The summed E-state index contributed by atoms with van der Waals surface area (Å²) in [5.41, 5.74) is 1.73. The van der Waals surface area contributed by atoms with Gasteiger partial charge in [0, 0.05) is 33.8 Å². The van der Waals surface area contributed by atoms with Gasteiger partial charge in [-0.2, -0.15) is 0 Å². The molecule has 0 fully saturated rings. The molecule has 0 aliphatic carbocycles. The van der Waals surface area contributed by atoms with Gasteiger partial charge in [-0.05, 0) is 17.5 Å². The number of hydrogen-bond donors (Lipinski definition) is 3. The Morgan fingerprint density at radius 1 is 1.14 bits per heavy atom. The third-order valence-electron chi connectivity index (χ3n) is 3.73. The van der Waals surface area contributed by atoms with Gasteiger partial charge in [-0.3, -0.25) is 0 Å². The fourth-order valence-electron chi connectivity index (χ4n) is 2.29. The van der Waals surface area contributed by atoms with E-state index in [1.807, 2.05) is 31.4 Å². The van der Waals surface area contributed by atoms with Gasteiger partial charge in [-0.25, -0.2) is 4.98 Å². The molecule has 2 aromatic rings. The maximum absolute atomic E-state index is 10.7.